The first-order valence-electron chi connectivity index (χ1n) is 6.73. The van der Waals surface area contributed by atoms with Crippen LogP contribution < -0.4 is 4.74 Å². The van der Waals surface area contributed by atoms with Gasteiger partial charge in [0.2, 0.25) is 5.88 Å². The second-order valence-corrected chi connectivity index (χ2v) is 5.42. The molecule has 1 fully saturated rings. The van der Waals surface area contributed by atoms with Crippen molar-refractivity contribution in [2.75, 3.05) is 6.61 Å². The second-order valence-electron chi connectivity index (χ2n) is 5.42. The third kappa shape index (κ3) is 3.65. The molecule has 2 heterocycles. The lowest BCUT2D eigenvalue weighted by atomic mass is 9.92. The van der Waals surface area contributed by atoms with E-state index in [1.807, 2.05) is 13.8 Å². The summed E-state index contributed by atoms with van der Waals surface area (Å²) in [7, 11) is 0. The summed E-state index contributed by atoms with van der Waals surface area (Å²) in [5.41, 5.74) is -1.20. The third-order valence-electron chi connectivity index (χ3n) is 3.35. The van der Waals surface area contributed by atoms with E-state index in [2.05, 4.69) is 9.97 Å². The van der Waals surface area contributed by atoms with Crippen molar-refractivity contribution < 1.29 is 32.9 Å². The van der Waals surface area contributed by atoms with Crippen molar-refractivity contribution in [1.29, 1.82) is 0 Å². The monoisotopic (exact) mass is 322 g/mol. The summed E-state index contributed by atoms with van der Waals surface area (Å²) in [6.45, 7) is 3.57. The first kappa shape index (κ1) is 16.9. The van der Waals surface area contributed by atoms with Gasteiger partial charge in [-0.15, -0.1) is 0 Å². The zero-order valence-corrected chi connectivity index (χ0v) is 12.0. The normalized spacial score (nSPS) is 29.6. The highest BCUT2D eigenvalue weighted by atomic mass is 19.4. The molecule has 0 aromatic carbocycles. The van der Waals surface area contributed by atoms with E-state index in [4.69, 9.17) is 9.47 Å². The molecule has 1 aromatic heterocycles. The Morgan fingerprint density at radius 2 is 1.95 bits per heavy atom. The van der Waals surface area contributed by atoms with Gasteiger partial charge in [0.05, 0.1) is 25.1 Å². The molecule has 0 saturated carbocycles. The molecular formula is C13H17F3N2O4. The van der Waals surface area contributed by atoms with E-state index >= 15 is 0 Å². The first-order chi connectivity index (χ1) is 10.2. The minimum atomic E-state index is -4.64. The zero-order valence-electron chi connectivity index (χ0n) is 12.0. The molecule has 124 valence electrons. The van der Waals surface area contributed by atoms with Crippen LogP contribution in [0.15, 0.2) is 12.4 Å². The van der Waals surface area contributed by atoms with Gasteiger partial charge >= 0.3 is 6.18 Å². The molecule has 0 aliphatic carbocycles. The summed E-state index contributed by atoms with van der Waals surface area (Å²) in [6, 6.07) is 0. The lowest BCUT2D eigenvalue weighted by molar-refractivity contribution is -0.191. The number of aliphatic hydroxyl groups excluding tert-OH is 2. The molecule has 0 radical (unpaired) electrons. The first-order valence-corrected chi connectivity index (χ1v) is 6.73. The average molecular weight is 322 g/mol. The molecule has 0 amide bonds. The minimum Gasteiger partial charge on any atom is -0.468 e. The molecule has 0 unspecified atom stereocenters. The van der Waals surface area contributed by atoms with Crippen molar-refractivity contribution in [2.45, 2.75) is 44.4 Å². The summed E-state index contributed by atoms with van der Waals surface area (Å²) >= 11 is 0. The van der Waals surface area contributed by atoms with Crippen LogP contribution >= 0.6 is 0 Å². The number of rotatable bonds is 3. The number of alkyl halides is 3. The van der Waals surface area contributed by atoms with Crippen LogP contribution in [-0.2, 0) is 10.9 Å². The quantitative estimate of drug-likeness (QED) is 0.864. The number of halogens is 3. The Morgan fingerprint density at radius 1 is 1.27 bits per heavy atom. The van der Waals surface area contributed by atoms with Gasteiger partial charge < -0.3 is 19.7 Å². The Bertz CT molecular complexity index is 512. The van der Waals surface area contributed by atoms with Crippen molar-refractivity contribution in [3.8, 4) is 5.88 Å². The van der Waals surface area contributed by atoms with Gasteiger partial charge in [0.25, 0.3) is 0 Å². The third-order valence-corrected chi connectivity index (χ3v) is 3.35. The van der Waals surface area contributed by atoms with E-state index in [-0.39, 0.29) is 12.5 Å². The van der Waals surface area contributed by atoms with E-state index in [1.54, 1.807) is 0 Å². The number of aliphatic hydroxyl groups is 2. The molecule has 4 atom stereocenters. The Labute approximate surface area is 124 Å². The largest absolute Gasteiger partial charge is 0.468 e. The lowest BCUT2D eigenvalue weighted by Crippen LogP contribution is -2.56. The van der Waals surface area contributed by atoms with Crippen LogP contribution in [0.4, 0.5) is 13.2 Å². The predicted molar refractivity (Wildman–Crippen MR) is 68.0 cm³/mol. The number of nitrogens with zero attached hydrogens (tertiary/aromatic N) is 2. The Hall–Kier alpha value is -1.45. The molecule has 6 nitrogen and oxygen atoms in total. The molecule has 2 rings (SSSR count). The topological polar surface area (TPSA) is 84.7 Å². The second kappa shape index (κ2) is 6.35. The molecule has 1 saturated heterocycles. The van der Waals surface area contributed by atoms with Crippen LogP contribution in [0, 0.1) is 5.92 Å². The van der Waals surface area contributed by atoms with Crippen LogP contribution in [-0.4, -0.2) is 51.2 Å². The smallest absolute Gasteiger partial charge is 0.435 e. The van der Waals surface area contributed by atoms with E-state index in [1.165, 1.54) is 0 Å². The van der Waals surface area contributed by atoms with Crippen LogP contribution in [0.5, 0.6) is 5.88 Å². The Kier molecular flexibility index (Phi) is 4.88. The van der Waals surface area contributed by atoms with Crippen molar-refractivity contribution in [1.82, 2.24) is 9.97 Å². The Morgan fingerprint density at radius 3 is 2.55 bits per heavy atom. The summed E-state index contributed by atoms with van der Waals surface area (Å²) < 4.78 is 48.3. The van der Waals surface area contributed by atoms with Gasteiger partial charge in [-0.1, -0.05) is 13.8 Å². The summed E-state index contributed by atoms with van der Waals surface area (Å²) in [6.07, 6.45) is -7.15. The fourth-order valence-electron chi connectivity index (χ4n) is 2.20. The van der Waals surface area contributed by atoms with Gasteiger partial charge in [-0.2, -0.15) is 13.2 Å². The minimum absolute atomic E-state index is 0.0288. The SMILES string of the molecule is CC(C)[C@H]1OC[C@H](Oc2cncc(C(F)(F)F)n2)[C@@H](O)[C@H]1O. The molecule has 1 aliphatic heterocycles. The fourth-order valence-corrected chi connectivity index (χ4v) is 2.20. The molecule has 9 heteroatoms. The standard InChI is InChI=1S/C13H17F3N2O4/c1-6(2)12-11(20)10(19)7(5-21-12)22-9-4-17-3-8(18-9)13(14,15)16/h3-4,6-7,10-12,19-20H,5H2,1-2H3/t7-,10+,11+,12+/m0/s1. The van der Waals surface area contributed by atoms with Crippen molar-refractivity contribution in [2.24, 2.45) is 5.92 Å². The highest BCUT2D eigenvalue weighted by Crippen LogP contribution is 2.29. The van der Waals surface area contributed by atoms with Gasteiger partial charge in [0, 0.05) is 0 Å². The summed E-state index contributed by atoms with van der Waals surface area (Å²) in [5.74, 6) is -0.420. The number of hydrogen-bond acceptors (Lipinski definition) is 6. The Balaban J connectivity index is 2.09. The van der Waals surface area contributed by atoms with Crippen LogP contribution in [0.2, 0.25) is 0 Å². The highest BCUT2D eigenvalue weighted by Gasteiger charge is 2.41. The molecule has 0 spiro atoms. The number of hydrogen-bond donors (Lipinski definition) is 2. The molecular weight excluding hydrogens is 305 g/mol. The fraction of sp³-hybridized carbons (Fsp3) is 0.692. The maximum Gasteiger partial charge on any atom is 0.435 e. The van der Waals surface area contributed by atoms with Crippen molar-refractivity contribution >= 4 is 0 Å². The van der Waals surface area contributed by atoms with Gasteiger partial charge in [0.15, 0.2) is 11.8 Å². The molecule has 22 heavy (non-hydrogen) atoms. The number of ether oxygens (including phenoxy) is 2. The number of aromatic nitrogens is 2. The van der Waals surface area contributed by atoms with Gasteiger partial charge in [0.1, 0.15) is 12.2 Å². The van der Waals surface area contributed by atoms with E-state index < -0.39 is 42.2 Å². The van der Waals surface area contributed by atoms with E-state index in [0.717, 1.165) is 6.20 Å². The maximum absolute atomic E-state index is 12.6. The predicted octanol–water partition coefficient (Wildman–Crippen LogP) is 1.02. The molecule has 1 aliphatic rings. The molecule has 0 bridgehead atoms. The lowest BCUT2D eigenvalue weighted by Gasteiger charge is -2.38. The van der Waals surface area contributed by atoms with Crippen LogP contribution in [0.25, 0.3) is 0 Å². The zero-order chi connectivity index (χ0) is 16.5. The van der Waals surface area contributed by atoms with Crippen LogP contribution in [0.1, 0.15) is 19.5 Å². The van der Waals surface area contributed by atoms with Crippen LogP contribution in [0.3, 0.4) is 0 Å². The summed E-state index contributed by atoms with van der Waals surface area (Å²) in [4.78, 5) is 6.71. The maximum atomic E-state index is 12.6. The highest BCUT2D eigenvalue weighted by molar-refractivity contribution is 5.11. The van der Waals surface area contributed by atoms with Crippen molar-refractivity contribution in [3.63, 3.8) is 0 Å². The molecule has 1 aromatic rings. The molecule has 2 N–H and O–H groups in total. The van der Waals surface area contributed by atoms with E-state index in [9.17, 15) is 23.4 Å². The van der Waals surface area contributed by atoms with Gasteiger partial charge in [-0.25, -0.2) is 4.98 Å². The van der Waals surface area contributed by atoms with Gasteiger partial charge in [-0.05, 0) is 5.92 Å². The van der Waals surface area contributed by atoms with Gasteiger partial charge in [-0.3, -0.25) is 4.98 Å². The average Bonchev–Trinajstić information content (AvgIpc) is 2.43. The van der Waals surface area contributed by atoms with Crippen molar-refractivity contribution in [3.05, 3.63) is 18.1 Å². The van der Waals surface area contributed by atoms with E-state index in [0.29, 0.717) is 6.20 Å². The summed E-state index contributed by atoms with van der Waals surface area (Å²) in [5, 5.41) is 20.0.